The molecule has 13 nitrogen and oxygen atoms in total. The zero-order valence-corrected chi connectivity index (χ0v) is 26.8. The number of halogens is 1. The Labute approximate surface area is 281 Å². The Morgan fingerprint density at radius 3 is 2.39 bits per heavy atom. The van der Waals surface area contributed by atoms with Crippen LogP contribution in [0.25, 0.3) is 28.5 Å². The molecule has 3 aromatic carbocycles. The summed E-state index contributed by atoms with van der Waals surface area (Å²) in [6.07, 6.45) is 4.44. The number of nitriles is 1. The topological polar surface area (TPSA) is 190 Å². The van der Waals surface area contributed by atoms with Crippen molar-refractivity contribution in [3.63, 3.8) is 0 Å². The maximum absolute atomic E-state index is 14.8. The zero-order chi connectivity index (χ0) is 35.5. The second-order valence-electron chi connectivity index (χ2n) is 11.0. The number of carbonyl (C=O) groups is 2. The van der Waals surface area contributed by atoms with E-state index in [1.54, 1.807) is 36.8 Å². The van der Waals surface area contributed by atoms with Crippen LogP contribution in [-0.2, 0) is 23.2 Å². The Morgan fingerprint density at radius 1 is 1.12 bits per heavy atom. The van der Waals surface area contributed by atoms with Crippen LogP contribution in [-0.4, -0.2) is 63.6 Å². The fourth-order valence-electron chi connectivity index (χ4n) is 5.44. The number of hydrogen-bond donors (Lipinski definition) is 5. The molecule has 49 heavy (non-hydrogen) atoms. The molecule has 5 rings (SSSR count). The van der Waals surface area contributed by atoms with Crippen molar-refractivity contribution in [1.29, 1.82) is 5.26 Å². The van der Waals surface area contributed by atoms with Crippen LogP contribution < -0.4 is 26.0 Å². The van der Waals surface area contributed by atoms with E-state index in [0.29, 0.717) is 36.7 Å². The van der Waals surface area contributed by atoms with Crippen LogP contribution in [0.2, 0.25) is 0 Å². The van der Waals surface area contributed by atoms with Gasteiger partial charge in [0.15, 0.2) is 11.5 Å². The molecule has 1 saturated heterocycles. The van der Waals surface area contributed by atoms with Crippen molar-refractivity contribution in [2.75, 3.05) is 25.1 Å². The number of piperidine rings is 1. The number of hydroxylamine groups is 1. The highest BCUT2D eigenvalue weighted by Crippen LogP contribution is 2.35. The number of aromatic hydroxyl groups is 1. The number of anilines is 1. The quantitative estimate of drug-likeness (QED) is 0.0753. The molecule has 4 aromatic rings. The van der Waals surface area contributed by atoms with Crippen LogP contribution in [0.3, 0.4) is 0 Å². The van der Waals surface area contributed by atoms with E-state index in [4.69, 9.17) is 24.8 Å². The lowest BCUT2D eigenvalue weighted by atomic mass is 9.98. The van der Waals surface area contributed by atoms with Gasteiger partial charge in [-0.1, -0.05) is 36.4 Å². The molecular weight excluding hydrogens is 635 g/mol. The minimum atomic E-state index is -0.723. The number of benzene rings is 3. The summed E-state index contributed by atoms with van der Waals surface area (Å²) in [7, 11) is 3.06. The predicted molar refractivity (Wildman–Crippen MR) is 179 cm³/mol. The number of nitrogens with one attached hydrogen (secondary N) is 2. The van der Waals surface area contributed by atoms with Crippen molar-refractivity contribution in [3.8, 4) is 40.0 Å². The maximum Gasteiger partial charge on any atom is 0.290 e. The molecule has 2 heterocycles. The number of carboxylic acid groups (broad SMARTS) is 1. The Bertz CT molecular complexity index is 1930. The summed E-state index contributed by atoms with van der Waals surface area (Å²) in [5.41, 5.74) is 4.12. The van der Waals surface area contributed by atoms with E-state index < -0.39 is 11.7 Å². The molecule has 0 bridgehead atoms. The van der Waals surface area contributed by atoms with Gasteiger partial charge in [-0.2, -0.15) is 5.26 Å². The molecule has 14 heteroatoms. The fourth-order valence-corrected chi connectivity index (χ4v) is 5.44. The van der Waals surface area contributed by atoms with Gasteiger partial charge in [-0.05, 0) is 59.9 Å². The first-order valence-corrected chi connectivity index (χ1v) is 15.1. The summed E-state index contributed by atoms with van der Waals surface area (Å²) in [5, 5.41) is 38.8. The summed E-state index contributed by atoms with van der Waals surface area (Å²) in [6.45, 7) is 1.65. The van der Waals surface area contributed by atoms with E-state index in [1.807, 2.05) is 35.2 Å². The molecule has 5 N–H and O–H groups in total. The van der Waals surface area contributed by atoms with E-state index in [9.17, 15) is 24.3 Å². The number of methoxy groups -OCH3 is 1. The third-order valence-electron chi connectivity index (χ3n) is 7.99. The van der Waals surface area contributed by atoms with Gasteiger partial charge in [-0.25, -0.2) is 14.9 Å². The minimum absolute atomic E-state index is 0.120. The number of phenols is 1. The van der Waals surface area contributed by atoms with Gasteiger partial charge in [0.05, 0.1) is 23.9 Å². The lowest BCUT2D eigenvalue weighted by Gasteiger charge is -2.34. The number of hydrogen-bond acceptors (Lipinski definition) is 10. The summed E-state index contributed by atoms with van der Waals surface area (Å²) in [5.74, 6) is -0.799. The summed E-state index contributed by atoms with van der Waals surface area (Å²) >= 11 is 0. The average Bonchev–Trinajstić information content (AvgIpc) is 3.11. The zero-order valence-electron chi connectivity index (χ0n) is 26.8. The molecule has 1 aliphatic rings. The Kier molecular flexibility index (Phi) is 12.2. The van der Waals surface area contributed by atoms with Crippen molar-refractivity contribution < 1.29 is 34.1 Å². The predicted octanol–water partition coefficient (Wildman–Crippen LogP) is 3.82. The number of rotatable bonds is 9. The van der Waals surface area contributed by atoms with Gasteiger partial charge in [-0.15, -0.1) is 0 Å². The van der Waals surface area contributed by atoms with Gasteiger partial charge >= 0.3 is 0 Å². The monoisotopic (exact) mass is 670 g/mol. The van der Waals surface area contributed by atoms with Crippen molar-refractivity contribution in [2.24, 2.45) is 7.05 Å². The number of aromatic nitrogens is 2. The van der Waals surface area contributed by atoms with Crippen LogP contribution in [0.15, 0.2) is 71.5 Å². The van der Waals surface area contributed by atoms with E-state index >= 15 is 0 Å². The number of carbonyl (C=O) groups excluding carboxylic acids is 1. The minimum Gasteiger partial charge on any atom is -0.504 e. The summed E-state index contributed by atoms with van der Waals surface area (Å²) < 4.78 is 21.4. The van der Waals surface area contributed by atoms with Gasteiger partial charge < -0.3 is 25.2 Å². The summed E-state index contributed by atoms with van der Waals surface area (Å²) in [4.78, 5) is 40.4. The molecule has 1 amide bonds. The molecule has 0 atom stereocenters. The number of ether oxygens (including phenoxy) is 1. The lowest BCUT2D eigenvalue weighted by Crippen LogP contribution is -2.44. The highest BCUT2D eigenvalue weighted by molar-refractivity contribution is 5.90. The van der Waals surface area contributed by atoms with E-state index in [2.05, 4.69) is 5.32 Å². The van der Waals surface area contributed by atoms with Gasteiger partial charge in [0.1, 0.15) is 11.9 Å². The standard InChI is InChI=1S/C34H33FN6O5.CH2O2/c1-40-33(44)31(23-10-11-29(46-2)28(42)18-23)32(24-8-9-25(19-36)27(35)17-24)38-34(40)41-15-13-26(14-16-41)37-20-22-5-3-21(4-6-22)7-12-30(43)39-45;2-1-3/h3-12,17-18,26,37,42,45H,13-16,20H2,1-2H3,(H,39,43);1H,(H,2,3)/b12-7+;. The van der Waals surface area contributed by atoms with Crippen molar-refractivity contribution in [2.45, 2.75) is 25.4 Å². The molecule has 0 radical (unpaired) electrons. The first kappa shape index (κ1) is 35.8. The first-order valence-electron chi connectivity index (χ1n) is 15.1. The van der Waals surface area contributed by atoms with Crippen molar-refractivity contribution in [1.82, 2.24) is 20.3 Å². The molecule has 1 aliphatic heterocycles. The molecule has 1 fully saturated rings. The third-order valence-corrected chi connectivity index (χ3v) is 7.99. The second-order valence-corrected chi connectivity index (χ2v) is 11.0. The van der Waals surface area contributed by atoms with Gasteiger partial charge in [0.25, 0.3) is 17.9 Å². The smallest absolute Gasteiger partial charge is 0.290 e. The molecule has 0 aliphatic carbocycles. The molecule has 0 spiro atoms. The van der Waals surface area contributed by atoms with Gasteiger partial charge in [0, 0.05) is 44.4 Å². The largest absolute Gasteiger partial charge is 0.504 e. The second kappa shape index (κ2) is 16.7. The van der Waals surface area contributed by atoms with Gasteiger partial charge in [-0.3, -0.25) is 24.2 Å². The molecule has 0 unspecified atom stereocenters. The number of nitrogens with zero attached hydrogens (tertiary/aromatic N) is 4. The normalized spacial score (nSPS) is 12.9. The molecular formula is C35H35FN6O7. The SMILES string of the molecule is COc1ccc(-c2c(-c3ccc(C#N)c(F)c3)nc(N3CCC(NCc4ccc(/C=C/C(=O)NO)cc4)CC3)n(C)c2=O)cc1O.O=CO. The first-order chi connectivity index (χ1) is 23.6. The average molecular weight is 671 g/mol. The van der Waals surface area contributed by atoms with E-state index in [1.165, 1.54) is 36.0 Å². The summed E-state index contributed by atoms with van der Waals surface area (Å²) in [6, 6.07) is 18.5. The number of phenolic OH excluding ortho intramolecular Hbond substituents is 1. The van der Waals surface area contributed by atoms with Crippen LogP contribution >= 0.6 is 0 Å². The van der Waals surface area contributed by atoms with Crippen LogP contribution in [0.4, 0.5) is 10.3 Å². The molecule has 0 saturated carbocycles. The van der Waals surface area contributed by atoms with Crippen LogP contribution in [0.5, 0.6) is 11.5 Å². The Morgan fingerprint density at radius 2 is 1.80 bits per heavy atom. The maximum atomic E-state index is 14.8. The van der Waals surface area contributed by atoms with E-state index in [-0.39, 0.29) is 46.4 Å². The Hall–Kier alpha value is -6.04. The third kappa shape index (κ3) is 8.66. The Balaban J connectivity index is 0.00000174. The molecule has 1 aromatic heterocycles. The van der Waals surface area contributed by atoms with E-state index in [0.717, 1.165) is 24.0 Å². The van der Waals surface area contributed by atoms with Crippen LogP contribution in [0, 0.1) is 17.1 Å². The highest BCUT2D eigenvalue weighted by Gasteiger charge is 2.26. The van der Waals surface area contributed by atoms with Gasteiger partial charge in [0.2, 0.25) is 5.95 Å². The fraction of sp³-hybridized carbons (Fsp3) is 0.229. The van der Waals surface area contributed by atoms with Crippen LogP contribution in [0.1, 0.15) is 29.5 Å². The number of amides is 1. The van der Waals surface area contributed by atoms with Crippen molar-refractivity contribution in [3.05, 3.63) is 99.6 Å². The lowest BCUT2D eigenvalue weighted by molar-refractivity contribution is -0.124. The molecule has 254 valence electrons. The van der Waals surface area contributed by atoms with Crippen molar-refractivity contribution >= 4 is 24.4 Å². The highest BCUT2D eigenvalue weighted by atomic mass is 19.1.